The molecule has 0 aliphatic carbocycles. The highest BCUT2D eigenvalue weighted by atomic mass is 32.2. The summed E-state index contributed by atoms with van der Waals surface area (Å²) in [6.45, 7) is 8.88. The molecule has 5 heteroatoms. The van der Waals surface area contributed by atoms with E-state index in [1.807, 2.05) is 0 Å². The van der Waals surface area contributed by atoms with Crippen LogP contribution in [0.2, 0.25) is 0 Å². The monoisotopic (exact) mass is 345 g/mol. The lowest BCUT2D eigenvalue weighted by molar-refractivity contribution is -0.123. The number of rotatable bonds is 9. The van der Waals surface area contributed by atoms with E-state index in [-0.39, 0.29) is 28.6 Å². The Morgan fingerprint density at radius 1 is 1.36 bits per heavy atom. The first-order chi connectivity index (χ1) is 10.1. The van der Waals surface area contributed by atoms with Gasteiger partial charge in [0.1, 0.15) is 0 Å². The molecule has 1 aliphatic rings. The van der Waals surface area contributed by atoms with Gasteiger partial charge in [0.05, 0.1) is 0 Å². The van der Waals surface area contributed by atoms with Gasteiger partial charge >= 0.3 is 0 Å². The first-order valence-corrected chi connectivity index (χ1v) is 9.75. The number of carbonyl (C=O) groups is 2. The molecule has 128 valence electrons. The van der Waals surface area contributed by atoms with Crippen LogP contribution in [-0.4, -0.2) is 22.5 Å². The van der Waals surface area contributed by atoms with Gasteiger partial charge in [-0.05, 0) is 48.7 Å². The molecule has 0 spiro atoms. The lowest BCUT2D eigenvalue weighted by Gasteiger charge is -2.37. The van der Waals surface area contributed by atoms with Crippen LogP contribution in [0.25, 0.3) is 0 Å². The van der Waals surface area contributed by atoms with E-state index in [0.717, 1.165) is 37.9 Å². The second kappa shape index (κ2) is 8.09. The Kier molecular flexibility index (Phi) is 7.31. The Morgan fingerprint density at radius 3 is 2.45 bits per heavy atom. The van der Waals surface area contributed by atoms with Crippen molar-refractivity contribution in [2.24, 2.45) is 28.4 Å². The first kappa shape index (κ1) is 19.9. The van der Waals surface area contributed by atoms with Gasteiger partial charge in [-0.3, -0.25) is 9.59 Å². The molecule has 0 saturated carbocycles. The Hall–Kier alpha value is -0.160. The highest BCUT2D eigenvalue weighted by Gasteiger charge is 2.36. The minimum absolute atomic E-state index is 0.0287. The average Bonchev–Trinajstić information content (AvgIpc) is 2.71. The predicted molar refractivity (Wildman–Crippen MR) is 98.1 cm³/mol. The van der Waals surface area contributed by atoms with Crippen molar-refractivity contribution in [1.82, 2.24) is 0 Å². The third kappa shape index (κ3) is 6.53. The van der Waals surface area contributed by atoms with E-state index >= 15 is 0 Å². The van der Waals surface area contributed by atoms with E-state index in [2.05, 4.69) is 40.3 Å². The van der Waals surface area contributed by atoms with Crippen LogP contribution in [-0.2, 0) is 9.59 Å². The topological polar surface area (TPSA) is 60.2 Å². The van der Waals surface area contributed by atoms with Crippen molar-refractivity contribution in [3.63, 3.8) is 0 Å². The zero-order valence-corrected chi connectivity index (χ0v) is 16.1. The molecule has 1 saturated heterocycles. The summed E-state index contributed by atoms with van der Waals surface area (Å²) in [4.78, 5) is 23.5. The summed E-state index contributed by atoms with van der Waals surface area (Å²) < 4.78 is 0. The van der Waals surface area contributed by atoms with Crippen molar-refractivity contribution < 1.29 is 9.59 Å². The average molecular weight is 346 g/mol. The van der Waals surface area contributed by atoms with Gasteiger partial charge in [-0.2, -0.15) is 12.6 Å². The molecule has 0 aromatic carbocycles. The van der Waals surface area contributed by atoms with E-state index < -0.39 is 0 Å². The van der Waals surface area contributed by atoms with Crippen molar-refractivity contribution in [2.75, 3.05) is 11.5 Å². The number of thiol groups is 1. The molecule has 22 heavy (non-hydrogen) atoms. The van der Waals surface area contributed by atoms with Crippen LogP contribution in [0, 0.1) is 22.7 Å². The lowest BCUT2D eigenvalue weighted by atomic mass is 9.67. The van der Waals surface area contributed by atoms with Gasteiger partial charge < -0.3 is 5.73 Å². The Morgan fingerprint density at radius 2 is 2.00 bits per heavy atom. The van der Waals surface area contributed by atoms with E-state index in [1.54, 1.807) is 0 Å². The zero-order valence-electron chi connectivity index (χ0n) is 14.4. The fourth-order valence-electron chi connectivity index (χ4n) is 4.00. The van der Waals surface area contributed by atoms with Crippen LogP contribution >= 0.6 is 24.4 Å². The quantitative estimate of drug-likeness (QED) is 0.623. The largest absolute Gasteiger partial charge is 0.369 e. The molecule has 3 nitrogen and oxygen atoms in total. The Balaban J connectivity index is 2.63. The van der Waals surface area contributed by atoms with E-state index in [0.29, 0.717) is 10.9 Å². The van der Waals surface area contributed by atoms with Gasteiger partial charge in [-0.1, -0.05) is 39.5 Å². The summed E-state index contributed by atoms with van der Waals surface area (Å²) in [5, 5.41) is 0.357. The van der Waals surface area contributed by atoms with Gasteiger partial charge in [-0.15, -0.1) is 0 Å². The molecule has 1 rings (SSSR count). The fourth-order valence-corrected chi connectivity index (χ4v) is 5.35. The van der Waals surface area contributed by atoms with Gasteiger partial charge in [0.25, 0.3) is 0 Å². The standard InChI is InChI=1S/C17H31NO2S2/c1-16(2,9-12(5-7-21)14(18)19)11-17(3,4)10-13-6-8-22-15(13)20/h12-13,21H,5-11H2,1-4H3,(H2,18,19). The maximum Gasteiger partial charge on any atom is 0.220 e. The van der Waals surface area contributed by atoms with E-state index in [1.165, 1.54) is 11.8 Å². The number of nitrogens with two attached hydrogens (primary N) is 1. The molecule has 1 fully saturated rings. The number of primary amides is 1. The van der Waals surface area contributed by atoms with Crippen LogP contribution in [0.15, 0.2) is 0 Å². The molecule has 2 unspecified atom stereocenters. The molecule has 0 bridgehead atoms. The summed E-state index contributed by atoms with van der Waals surface area (Å²) in [5.41, 5.74) is 5.65. The minimum Gasteiger partial charge on any atom is -0.369 e. The lowest BCUT2D eigenvalue weighted by Crippen LogP contribution is -2.32. The van der Waals surface area contributed by atoms with Gasteiger partial charge in [0.15, 0.2) is 5.12 Å². The van der Waals surface area contributed by atoms with Crippen LogP contribution in [0.1, 0.15) is 59.8 Å². The molecule has 1 heterocycles. The maximum absolute atomic E-state index is 11.9. The SMILES string of the molecule is CC(C)(CC(CCS)C(N)=O)CC(C)(C)CC1CCSC1=O. The molecule has 0 aromatic rings. The third-order valence-corrected chi connectivity index (χ3v) is 5.79. The van der Waals surface area contributed by atoms with Crippen molar-refractivity contribution >= 4 is 35.4 Å². The summed E-state index contributed by atoms with van der Waals surface area (Å²) in [6, 6.07) is 0. The summed E-state index contributed by atoms with van der Waals surface area (Å²) in [7, 11) is 0. The molecule has 1 amide bonds. The molecule has 1 aliphatic heterocycles. The summed E-state index contributed by atoms with van der Waals surface area (Å²) >= 11 is 5.71. The smallest absolute Gasteiger partial charge is 0.220 e. The summed E-state index contributed by atoms with van der Waals surface area (Å²) in [5.74, 6) is 1.53. The molecular formula is C17H31NO2S2. The van der Waals surface area contributed by atoms with Gasteiger partial charge in [0.2, 0.25) is 5.91 Å². The summed E-state index contributed by atoms with van der Waals surface area (Å²) in [6.07, 6.45) is 4.47. The molecular weight excluding hydrogens is 314 g/mol. The normalized spacial score (nSPS) is 21.1. The van der Waals surface area contributed by atoms with Gasteiger partial charge in [-0.25, -0.2) is 0 Å². The fraction of sp³-hybridized carbons (Fsp3) is 0.882. The molecule has 2 N–H and O–H groups in total. The third-order valence-electron chi connectivity index (χ3n) is 4.48. The number of hydrogen-bond donors (Lipinski definition) is 2. The van der Waals surface area contributed by atoms with Crippen molar-refractivity contribution in [1.29, 1.82) is 0 Å². The van der Waals surface area contributed by atoms with Crippen molar-refractivity contribution in [3.05, 3.63) is 0 Å². The molecule has 2 atom stereocenters. The number of thioether (sulfide) groups is 1. The zero-order chi connectivity index (χ0) is 17.0. The predicted octanol–water partition coefficient (Wildman–Crippen LogP) is 3.91. The maximum atomic E-state index is 11.9. The van der Waals surface area contributed by atoms with Crippen LogP contribution in [0.4, 0.5) is 0 Å². The van der Waals surface area contributed by atoms with E-state index in [4.69, 9.17) is 5.73 Å². The van der Waals surface area contributed by atoms with Crippen molar-refractivity contribution in [2.45, 2.75) is 59.8 Å². The Labute approximate surface area is 145 Å². The number of amides is 1. The molecule has 0 radical (unpaired) electrons. The first-order valence-electron chi connectivity index (χ1n) is 8.13. The highest BCUT2D eigenvalue weighted by molar-refractivity contribution is 8.14. The Bertz CT molecular complexity index is 407. The second-order valence-electron chi connectivity index (χ2n) is 8.18. The minimum atomic E-state index is -0.220. The number of carbonyl (C=O) groups excluding carboxylic acids is 2. The van der Waals surface area contributed by atoms with Gasteiger partial charge in [0, 0.05) is 17.6 Å². The van der Waals surface area contributed by atoms with Crippen LogP contribution < -0.4 is 5.73 Å². The highest BCUT2D eigenvalue weighted by Crippen LogP contribution is 2.44. The van der Waals surface area contributed by atoms with Crippen LogP contribution in [0.5, 0.6) is 0 Å². The van der Waals surface area contributed by atoms with E-state index in [9.17, 15) is 9.59 Å². The second-order valence-corrected chi connectivity index (χ2v) is 9.72. The van der Waals surface area contributed by atoms with Crippen LogP contribution in [0.3, 0.4) is 0 Å². The van der Waals surface area contributed by atoms with Crippen molar-refractivity contribution in [3.8, 4) is 0 Å². The number of hydrogen-bond acceptors (Lipinski definition) is 4. The molecule has 0 aromatic heterocycles.